The number of carbonyl (C=O) groups excluding carboxylic acids is 1. The maximum absolute atomic E-state index is 11.5. The molecule has 0 aliphatic carbocycles. The highest BCUT2D eigenvalue weighted by atomic mass is 35.5. The molecule has 5 heteroatoms. The largest absolute Gasteiger partial charge is 0.469 e. The van der Waals surface area contributed by atoms with Gasteiger partial charge in [0.1, 0.15) is 0 Å². The molecule has 17 heavy (non-hydrogen) atoms. The van der Waals surface area contributed by atoms with Crippen molar-refractivity contribution in [3.05, 3.63) is 23.2 Å². The van der Waals surface area contributed by atoms with Gasteiger partial charge in [0.05, 0.1) is 17.5 Å². The summed E-state index contributed by atoms with van der Waals surface area (Å²) in [4.78, 5) is 12.4. The van der Waals surface area contributed by atoms with Crippen LogP contribution >= 0.6 is 23.4 Å². The second-order valence-corrected chi connectivity index (χ2v) is 5.78. The summed E-state index contributed by atoms with van der Waals surface area (Å²) in [6.07, 6.45) is 0. The summed E-state index contributed by atoms with van der Waals surface area (Å²) >= 11 is 7.57. The Morgan fingerprint density at radius 2 is 2.18 bits per heavy atom. The molecule has 0 fully saturated rings. The highest BCUT2D eigenvalue weighted by Crippen LogP contribution is 2.33. The zero-order valence-electron chi connectivity index (χ0n) is 10.1. The first-order valence-corrected chi connectivity index (χ1v) is 6.49. The summed E-state index contributed by atoms with van der Waals surface area (Å²) in [5.41, 5.74) is 5.70. The van der Waals surface area contributed by atoms with Crippen molar-refractivity contribution in [3.63, 3.8) is 0 Å². The standard InChI is InChI=1S/C12H16ClNO2S/c1-12(2,11(15)16-3)7-17-10-5-4-8(14)6-9(10)13/h4-6H,7,14H2,1-3H3. The number of halogens is 1. The first-order chi connectivity index (χ1) is 7.86. The van der Waals surface area contributed by atoms with Crippen LogP contribution in [0.25, 0.3) is 0 Å². The molecule has 1 rings (SSSR count). The van der Waals surface area contributed by atoms with Crippen LogP contribution in [0.15, 0.2) is 23.1 Å². The third-order valence-electron chi connectivity index (χ3n) is 2.28. The lowest BCUT2D eigenvalue weighted by molar-refractivity contribution is -0.149. The fraction of sp³-hybridized carbons (Fsp3) is 0.417. The van der Waals surface area contributed by atoms with Crippen molar-refractivity contribution in [3.8, 4) is 0 Å². The molecule has 0 spiro atoms. The van der Waals surface area contributed by atoms with Gasteiger partial charge in [0.2, 0.25) is 0 Å². The summed E-state index contributed by atoms with van der Waals surface area (Å²) in [7, 11) is 1.39. The summed E-state index contributed by atoms with van der Waals surface area (Å²) in [6.45, 7) is 3.69. The van der Waals surface area contributed by atoms with Crippen LogP contribution in [-0.4, -0.2) is 18.8 Å². The third kappa shape index (κ3) is 3.82. The maximum atomic E-state index is 11.5. The Labute approximate surface area is 111 Å². The van der Waals surface area contributed by atoms with Crippen LogP contribution in [0.1, 0.15) is 13.8 Å². The average Bonchev–Trinajstić information content (AvgIpc) is 2.26. The number of nitrogens with two attached hydrogens (primary N) is 1. The summed E-state index contributed by atoms with van der Waals surface area (Å²) in [5.74, 6) is 0.375. The van der Waals surface area contributed by atoms with E-state index >= 15 is 0 Å². The highest BCUT2D eigenvalue weighted by molar-refractivity contribution is 7.99. The van der Waals surface area contributed by atoms with Gasteiger partial charge in [-0.3, -0.25) is 4.79 Å². The molecule has 2 N–H and O–H groups in total. The van der Waals surface area contributed by atoms with Crippen molar-refractivity contribution >= 4 is 35.0 Å². The lowest BCUT2D eigenvalue weighted by Crippen LogP contribution is -2.28. The van der Waals surface area contributed by atoms with Gasteiger partial charge >= 0.3 is 5.97 Å². The third-order valence-corrected chi connectivity index (χ3v) is 4.24. The second-order valence-electron chi connectivity index (χ2n) is 4.35. The van der Waals surface area contributed by atoms with Crippen LogP contribution in [0, 0.1) is 5.41 Å². The number of hydrogen-bond donors (Lipinski definition) is 1. The van der Waals surface area contributed by atoms with E-state index < -0.39 is 5.41 Å². The number of anilines is 1. The molecule has 0 radical (unpaired) electrons. The minimum absolute atomic E-state index is 0.225. The molecule has 94 valence electrons. The number of rotatable bonds is 4. The minimum Gasteiger partial charge on any atom is -0.469 e. The van der Waals surface area contributed by atoms with E-state index in [4.69, 9.17) is 22.1 Å². The Bertz CT molecular complexity index is 421. The monoisotopic (exact) mass is 273 g/mol. The zero-order valence-corrected chi connectivity index (χ0v) is 11.7. The van der Waals surface area contributed by atoms with Gasteiger partial charge < -0.3 is 10.5 Å². The van der Waals surface area contributed by atoms with Gasteiger partial charge in [-0.2, -0.15) is 0 Å². The van der Waals surface area contributed by atoms with Crippen molar-refractivity contribution in [1.29, 1.82) is 0 Å². The topological polar surface area (TPSA) is 52.3 Å². The number of esters is 1. The van der Waals surface area contributed by atoms with E-state index in [-0.39, 0.29) is 5.97 Å². The Morgan fingerprint density at radius 1 is 1.53 bits per heavy atom. The summed E-state index contributed by atoms with van der Waals surface area (Å²) < 4.78 is 4.75. The molecule has 0 amide bonds. The molecule has 0 atom stereocenters. The van der Waals surface area contributed by atoms with E-state index in [0.717, 1.165) is 4.90 Å². The molecule has 0 heterocycles. The van der Waals surface area contributed by atoms with E-state index in [1.165, 1.54) is 18.9 Å². The smallest absolute Gasteiger partial charge is 0.312 e. The number of hydrogen-bond acceptors (Lipinski definition) is 4. The van der Waals surface area contributed by atoms with Crippen molar-refractivity contribution < 1.29 is 9.53 Å². The first-order valence-electron chi connectivity index (χ1n) is 5.13. The highest BCUT2D eigenvalue weighted by Gasteiger charge is 2.28. The predicted octanol–water partition coefficient (Wildman–Crippen LogP) is 3.21. The van der Waals surface area contributed by atoms with Crippen LogP contribution in [0.2, 0.25) is 5.02 Å². The molecule has 1 aromatic rings. The molecular weight excluding hydrogens is 258 g/mol. The van der Waals surface area contributed by atoms with E-state index in [1.54, 1.807) is 12.1 Å². The fourth-order valence-corrected chi connectivity index (χ4v) is 2.58. The van der Waals surface area contributed by atoms with E-state index in [1.807, 2.05) is 19.9 Å². The van der Waals surface area contributed by atoms with Crippen LogP contribution in [0.3, 0.4) is 0 Å². The van der Waals surface area contributed by atoms with Crippen LogP contribution in [0.5, 0.6) is 0 Å². The SMILES string of the molecule is COC(=O)C(C)(C)CSc1ccc(N)cc1Cl. The van der Waals surface area contributed by atoms with Crippen LogP contribution in [0.4, 0.5) is 5.69 Å². The Hall–Kier alpha value is -0.870. The number of ether oxygens (including phenoxy) is 1. The molecule has 0 bridgehead atoms. The van der Waals surface area contributed by atoms with Gasteiger partial charge in [-0.05, 0) is 32.0 Å². The van der Waals surface area contributed by atoms with Crippen molar-refractivity contribution in [1.82, 2.24) is 0 Å². The Kier molecular flexibility index (Phi) is 4.71. The van der Waals surface area contributed by atoms with Crippen molar-refractivity contribution in [2.24, 2.45) is 5.41 Å². The lowest BCUT2D eigenvalue weighted by atomic mass is 9.97. The number of methoxy groups -OCH3 is 1. The Balaban J connectivity index is 2.70. The van der Waals surface area contributed by atoms with Gasteiger partial charge in [-0.1, -0.05) is 11.6 Å². The number of thioether (sulfide) groups is 1. The van der Waals surface area contributed by atoms with E-state index in [2.05, 4.69) is 0 Å². The van der Waals surface area contributed by atoms with Gasteiger partial charge in [0, 0.05) is 16.3 Å². The number of nitrogen functional groups attached to an aromatic ring is 1. The fourth-order valence-electron chi connectivity index (χ4n) is 1.23. The van der Waals surface area contributed by atoms with Crippen molar-refractivity contribution in [2.75, 3.05) is 18.6 Å². The predicted molar refractivity (Wildman–Crippen MR) is 72.4 cm³/mol. The molecule has 0 unspecified atom stereocenters. The van der Waals surface area contributed by atoms with E-state index in [9.17, 15) is 4.79 Å². The minimum atomic E-state index is -0.538. The number of carbonyl (C=O) groups is 1. The second kappa shape index (κ2) is 5.65. The molecule has 0 aliphatic rings. The van der Waals surface area contributed by atoms with Gasteiger partial charge in [0.15, 0.2) is 0 Å². The molecule has 0 saturated carbocycles. The van der Waals surface area contributed by atoms with Gasteiger partial charge in [-0.25, -0.2) is 0 Å². The van der Waals surface area contributed by atoms with Crippen LogP contribution < -0.4 is 5.73 Å². The van der Waals surface area contributed by atoms with Crippen LogP contribution in [-0.2, 0) is 9.53 Å². The quantitative estimate of drug-likeness (QED) is 0.520. The molecule has 0 aromatic heterocycles. The maximum Gasteiger partial charge on any atom is 0.312 e. The van der Waals surface area contributed by atoms with E-state index in [0.29, 0.717) is 16.5 Å². The first kappa shape index (κ1) is 14.2. The normalized spacial score (nSPS) is 11.3. The molecule has 3 nitrogen and oxygen atoms in total. The van der Waals surface area contributed by atoms with Crippen molar-refractivity contribution in [2.45, 2.75) is 18.7 Å². The zero-order chi connectivity index (χ0) is 13.1. The Morgan fingerprint density at radius 3 is 2.71 bits per heavy atom. The molecule has 0 saturated heterocycles. The molecule has 1 aromatic carbocycles. The molecular formula is C12H16ClNO2S. The summed E-state index contributed by atoms with van der Waals surface area (Å²) in [6, 6.07) is 5.35. The molecule has 0 aliphatic heterocycles. The average molecular weight is 274 g/mol. The number of benzene rings is 1. The summed E-state index contributed by atoms with van der Waals surface area (Å²) in [5, 5.41) is 0.607. The van der Waals surface area contributed by atoms with Gasteiger partial charge in [-0.15, -0.1) is 11.8 Å². The van der Waals surface area contributed by atoms with Gasteiger partial charge in [0.25, 0.3) is 0 Å². The lowest BCUT2D eigenvalue weighted by Gasteiger charge is -2.20.